The van der Waals surface area contributed by atoms with Crippen molar-refractivity contribution in [1.82, 2.24) is 19.9 Å². The number of pyridine rings is 1. The minimum atomic E-state index is -3.83. The fourth-order valence-corrected chi connectivity index (χ4v) is 8.38. The number of thiazole rings is 1. The second kappa shape index (κ2) is 11.1. The molecule has 0 spiro atoms. The van der Waals surface area contributed by atoms with Crippen LogP contribution in [0.4, 0.5) is 16.2 Å². The Labute approximate surface area is 247 Å². The van der Waals surface area contributed by atoms with Gasteiger partial charge in [0.25, 0.3) is 0 Å². The van der Waals surface area contributed by atoms with Crippen LogP contribution in [-0.4, -0.2) is 68.6 Å². The molecule has 10 nitrogen and oxygen atoms in total. The van der Waals surface area contributed by atoms with Gasteiger partial charge in [0.1, 0.15) is 28.3 Å². The largest absolute Gasteiger partial charge is 0.390 e. The average molecular weight is 613 g/mol. The normalized spacial score (nSPS) is 23.3. The van der Waals surface area contributed by atoms with Gasteiger partial charge in [-0.1, -0.05) is 0 Å². The number of aliphatic hydroxyl groups excluding tert-OH is 2. The van der Waals surface area contributed by atoms with E-state index in [1.807, 2.05) is 19.9 Å². The molecule has 6 rings (SSSR count). The molecule has 5 atom stereocenters. The predicted octanol–water partition coefficient (Wildman–Crippen LogP) is 4.11. The number of aromatic nitrogens is 4. The Bertz CT molecular complexity index is 1730. The van der Waals surface area contributed by atoms with Crippen molar-refractivity contribution in [3.63, 3.8) is 0 Å². The third-order valence-electron chi connectivity index (χ3n) is 8.21. The van der Waals surface area contributed by atoms with Gasteiger partial charge in [0.2, 0.25) is 5.95 Å². The summed E-state index contributed by atoms with van der Waals surface area (Å²) in [6, 6.07) is 6.01. The van der Waals surface area contributed by atoms with Gasteiger partial charge < -0.3 is 20.8 Å². The fourth-order valence-electron chi connectivity index (χ4n) is 5.63. The zero-order valence-electron chi connectivity index (χ0n) is 23.5. The first-order chi connectivity index (χ1) is 20.0. The molecule has 1 unspecified atom stereocenters. The minimum Gasteiger partial charge on any atom is -0.390 e. The van der Waals surface area contributed by atoms with Crippen LogP contribution in [0.25, 0.3) is 20.8 Å². The average Bonchev–Trinajstić information content (AvgIpc) is 3.65. The van der Waals surface area contributed by atoms with E-state index in [1.165, 1.54) is 23.5 Å². The van der Waals surface area contributed by atoms with Crippen LogP contribution in [0.5, 0.6) is 0 Å². The third-order valence-corrected chi connectivity index (χ3v) is 11.1. The van der Waals surface area contributed by atoms with Gasteiger partial charge in [-0.05, 0) is 76.3 Å². The van der Waals surface area contributed by atoms with Crippen LogP contribution >= 0.6 is 11.3 Å². The number of halogens is 1. The first-order valence-electron chi connectivity index (χ1n) is 14.0. The molecule has 2 aliphatic rings. The number of anilines is 2. The third kappa shape index (κ3) is 5.70. The Morgan fingerprint density at radius 2 is 1.79 bits per heavy atom. The molecule has 2 fully saturated rings. The molecule has 2 aliphatic carbocycles. The van der Waals surface area contributed by atoms with Crippen molar-refractivity contribution in [2.45, 2.75) is 69.2 Å². The van der Waals surface area contributed by atoms with Gasteiger partial charge in [-0.15, -0.1) is 11.3 Å². The topological polar surface area (TPSA) is 150 Å². The van der Waals surface area contributed by atoms with Gasteiger partial charge >= 0.3 is 0 Å². The number of hydrogen-bond acceptors (Lipinski definition) is 11. The van der Waals surface area contributed by atoms with E-state index in [0.29, 0.717) is 33.9 Å². The number of nitrogens with one attached hydrogen (secondary N) is 2. The molecule has 222 valence electrons. The lowest BCUT2D eigenvalue weighted by atomic mass is 10.1. The first-order valence-corrected chi connectivity index (χ1v) is 16.5. The summed E-state index contributed by atoms with van der Waals surface area (Å²) in [5.74, 6) is -0.217. The Kier molecular flexibility index (Phi) is 7.62. The molecule has 0 bridgehead atoms. The van der Waals surface area contributed by atoms with E-state index in [0.717, 1.165) is 40.9 Å². The number of nitrogens with zero attached hydrogens (tertiary/aromatic N) is 4. The zero-order chi connectivity index (χ0) is 29.8. The van der Waals surface area contributed by atoms with Gasteiger partial charge in [-0.25, -0.2) is 22.8 Å². The van der Waals surface area contributed by atoms with E-state index in [2.05, 4.69) is 22.5 Å². The van der Waals surface area contributed by atoms with Crippen molar-refractivity contribution in [1.29, 1.82) is 0 Å². The quantitative estimate of drug-likeness (QED) is 0.203. The van der Waals surface area contributed by atoms with E-state index in [1.54, 1.807) is 6.20 Å². The van der Waals surface area contributed by atoms with Gasteiger partial charge in [0, 0.05) is 18.2 Å². The molecule has 4 N–H and O–H groups in total. The lowest BCUT2D eigenvalue weighted by molar-refractivity contribution is 0.0216. The van der Waals surface area contributed by atoms with E-state index >= 15 is 0 Å². The van der Waals surface area contributed by atoms with Crippen LogP contribution in [-0.2, 0) is 9.84 Å². The maximum absolute atomic E-state index is 13.4. The molecule has 0 saturated heterocycles. The second-order valence-corrected chi connectivity index (χ2v) is 14.4. The molecule has 3 aromatic heterocycles. The van der Waals surface area contributed by atoms with Crippen molar-refractivity contribution in [2.75, 3.05) is 16.4 Å². The predicted molar refractivity (Wildman–Crippen MR) is 160 cm³/mol. The van der Waals surface area contributed by atoms with Gasteiger partial charge in [0.15, 0.2) is 9.84 Å². The molecule has 1 aromatic carbocycles. The van der Waals surface area contributed by atoms with Crippen LogP contribution in [0.2, 0.25) is 0 Å². The Morgan fingerprint density at radius 3 is 2.48 bits per heavy atom. The number of benzene rings is 1. The fraction of sp³-hybridized carbons (Fsp3) is 0.448. The Morgan fingerprint density at radius 1 is 1.05 bits per heavy atom. The van der Waals surface area contributed by atoms with E-state index in [4.69, 9.17) is 15.0 Å². The molecule has 0 aliphatic heterocycles. The number of sulfone groups is 1. The molecule has 0 amide bonds. The maximum Gasteiger partial charge on any atom is 0.225 e. The molecule has 13 heteroatoms. The lowest BCUT2D eigenvalue weighted by Crippen LogP contribution is -2.36. The lowest BCUT2D eigenvalue weighted by Gasteiger charge is -2.22. The van der Waals surface area contributed by atoms with E-state index in [9.17, 15) is 23.0 Å². The smallest absolute Gasteiger partial charge is 0.225 e. The highest BCUT2D eigenvalue weighted by molar-refractivity contribution is 7.91. The summed E-state index contributed by atoms with van der Waals surface area (Å²) >= 11 is 1.48. The van der Waals surface area contributed by atoms with Crippen molar-refractivity contribution >= 4 is 43.2 Å². The van der Waals surface area contributed by atoms with Crippen LogP contribution in [0.1, 0.15) is 37.6 Å². The first kappa shape index (κ1) is 28.8. The Balaban J connectivity index is 1.31. The van der Waals surface area contributed by atoms with Gasteiger partial charge in [-0.3, -0.25) is 4.98 Å². The Hall–Kier alpha value is -3.26. The second-order valence-electron chi connectivity index (χ2n) is 11.4. The van der Waals surface area contributed by atoms with Crippen molar-refractivity contribution in [2.24, 2.45) is 11.8 Å². The SMILES string of the molecule is Cc1nc(N[C@H](C)C2CC2)nc(NC2C[C@H](CS(=O)(=O)c3ccc(F)cc3)[C@@H](O)[C@H]2O)c1-c1nc2c(C)nccc2s1. The van der Waals surface area contributed by atoms with Crippen LogP contribution in [0, 0.1) is 31.5 Å². The molecule has 3 heterocycles. The molecule has 42 heavy (non-hydrogen) atoms. The standard InChI is InChI=1S/C29H33FN6O4S2/c1-14(17-4-5-17)32-29-33-15(2)23(28-35-24-16(3)31-11-10-22(24)41-28)27(36-29)34-21-12-18(25(37)26(21)38)13-42(39,40)20-8-6-19(30)7-9-20/h6-11,14,17-18,21,25-26,37-38H,4-5,12-13H2,1-3H3,(H2,32,33,34,36)/t14-,18-,21?,25-,26+/m1/s1. The molecular weight excluding hydrogens is 579 g/mol. The van der Waals surface area contributed by atoms with Crippen molar-refractivity contribution in [3.8, 4) is 10.6 Å². The number of fused-ring (bicyclic) bond motifs is 1. The number of hydrogen-bond donors (Lipinski definition) is 4. The maximum atomic E-state index is 13.4. The highest BCUT2D eigenvalue weighted by Crippen LogP contribution is 2.40. The molecule has 4 aromatic rings. The van der Waals surface area contributed by atoms with Crippen LogP contribution in [0.15, 0.2) is 41.4 Å². The van der Waals surface area contributed by atoms with Crippen LogP contribution < -0.4 is 10.6 Å². The highest BCUT2D eigenvalue weighted by atomic mass is 32.2. The summed E-state index contributed by atoms with van der Waals surface area (Å²) in [5, 5.41) is 29.3. The van der Waals surface area contributed by atoms with Gasteiger partial charge in [-0.2, -0.15) is 4.98 Å². The van der Waals surface area contributed by atoms with Crippen molar-refractivity contribution < 1.29 is 23.0 Å². The monoisotopic (exact) mass is 612 g/mol. The molecular formula is C29H33FN6O4S2. The van der Waals surface area contributed by atoms with Gasteiger partial charge in [0.05, 0.1) is 44.4 Å². The summed E-state index contributed by atoms with van der Waals surface area (Å²) in [4.78, 5) is 18.7. The zero-order valence-corrected chi connectivity index (χ0v) is 25.1. The van der Waals surface area contributed by atoms with E-state index in [-0.39, 0.29) is 23.1 Å². The summed E-state index contributed by atoms with van der Waals surface area (Å²) in [5.41, 5.74) is 2.95. The summed E-state index contributed by atoms with van der Waals surface area (Å²) in [6.45, 7) is 5.88. The summed E-state index contributed by atoms with van der Waals surface area (Å²) in [7, 11) is -3.83. The molecule has 2 saturated carbocycles. The summed E-state index contributed by atoms with van der Waals surface area (Å²) in [6.07, 6.45) is 1.70. The number of rotatable bonds is 9. The number of aryl methyl sites for hydroxylation is 2. The van der Waals surface area contributed by atoms with E-state index < -0.39 is 39.8 Å². The number of aliphatic hydroxyl groups is 2. The van der Waals surface area contributed by atoms with Crippen molar-refractivity contribution in [3.05, 3.63) is 53.7 Å². The highest BCUT2D eigenvalue weighted by Gasteiger charge is 2.44. The summed E-state index contributed by atoms with van der Waals surface area (Å²) < 4.78 is 40.4. The molecule has 0 radical (unpaired) electrons. The minimum absolute atomic E-state index is 0.0307. The van der Waals surface area contributed by atoms with Crippen LogP contribution in [0.3, 0.4) is 0 Å².